The van der Waals surface area contributed by atoms with Gasteiger partial charge >= 0.3 is 5.97 Å². The van der Waals surface area contributed by atoms with Gasteiger partial charge in [0.25, 0.3) is 5.91 Å². The summed E-state index contributed by atoms with van der Waals surface area (Å²) in [5.74, 6) is -0.605. The quantitative estimate of drug-likeness (QED) is 0.588. The molecular weight excluding hydrogens is 322 g/mol. The number of rotatable bonds is 8. The second kappa shape index (κ2) is 9.22. The Hall–Kier alpha value is -3.15. The van der Waals surface area contributed by atoms with Crippen molar-refractivity contribution in [2.45, 2.75) is 13.0 Å². The maximum absolute atomic E-state index is 11.8. The molecule has 0 bridgehead atoms. The van der Waals surface area contributed by atoms with Crippen molar-refractivity contribution < 1.29 is 23.9 Å². The zero-order chi connectivity index (χ0) is 18.1. The molecule has 1 N–H and O–H groups in total. The van der Waals surface area contributed by atoms with E-state index < -0.39 is 5.97 Å². The molecule has 1 amide bonds. The molecule has 130 valence electrons. The third-order valence-corrected chi connectivity index (χ3v) is 3.41. The molecule has 0 aliphatic heterocycles. The normalized spacial score (nSPS) is 11.2. The van der Waals surface area contributed by atoms with Crippen molar-refractivity contribution in [2.24, 2.45) is 0 Å². The van der Waals surface area contributed by atoms with Crippen LogP contribution in [0.2, 0.25) is 0 Å². The molecule has 0 unspecified atom stereocenters. The molecule has 1 atom stereocenters. The van der Waals surface area contributed by atoms with Gasteiger partial charge in [-0.15, -0.1) is 0 Å². The van der Waals surface area contributed by atoms with Gasteiger partial charge < -0.3 is 14.8 Å². The summed E-state index contributed by atoms with van der Waals surface area (Å²) in [6.45, 7) is 1.16. The summed E-state index contributed by atoms with van der Waals surface area (Å²) in [7, 11) is 0. The number of amides is 1. The summed E-state index contributed by atoms with van der Waals surface area (Å²) in [6.07, 6.45) is 0.715. The molecule has 0 fully saturated rings. The molecule has 0 saturated heterocycles. The van der Waals surface area contributed by atoms with Crippen LogP contribution in [0.4, 0.5) is 0 Å². The lowest BCUT2D eigenvalue weighted by atomic mass is 10.1. The maximum atomic E-state index is 11.8. The predicted molar refractivity (Wildman–Crippen MR) is 91.3 cm³/mol. The van der Waals surface area contributed by atoms with Crippen molar-refractivity contribution in [2.75, 3.05) is 13.2 Å². The highest BCUT2D eigenvalue weighted by molar-refractivity contribution is 5.81. The molecule has 0 spiro atoms. The van der Waals surface area contributed by atoms with Crippen LogP contribution in [-0.4, -0.2) is 31.4 Å². The average Bonchev–Trinajstić information content (AvgIpc) is 2.65. The van der Waals surface area contributed by atoms with Crippen LogP contribution in [0.15, 0.2) is 54.6 Å². The lowest BCUT2D eigenvalue weighted by Gasteiger charge is -2.14. The number of nitrogens with one attached hydrogen (secondary N) is 1. The molecule has 25 heavy (non-hydrogen) atoms. The van der Waals surface area contributed by atoms with E-state index in [1.807, 2.05) is 37.3 Å². The summed E-state index contributed by atoms with van der Waals surface area (Å²) in [5.41, 5.74) is 1.48. The highest BCUT2D eigenvalue weighted by atomic mass is 16.6. The number of hydrogen-bond acceptors (Lipinski definition) is 5. The van der Waals surface area contributed by atoms with E-state index in [0.717, 1.165) is 5.56 Å². The number of aldehydes is 1. The van der Waals surface area contributed by atoms with Gasteiger partial charge in [0.15, 0.2) is 13.2 Å². The fraction of sp³-hybridized carbons (Fsp3) is 0.211. The summed E-state index contributed by atoms with van der Waals surface area (Å²) in [5, 5.41) is 2.75. The fourth-order valence-electron chi connectivity index (χ4n) is 2.08. The van der Waals surface area contributed by atoms with Gasteiger partial charge in [-0.05, 0) is 36.8 Å². The van der Waals surface area contributed by atoms with Crippen molar-refractivity contribution in [3.8, 4) is 5.75 Å². The Labute approximate surface area is 145 Å². The highest BCUT2D eigenvalue weighted by Crippen LogP contribution is 2.11. The standard InChI is InChI=1S/C19H19NO5/c1-14(16-5-3-2-4-6-16)20-18(22)12-25-19(23)13-24-17-9-7-15(11-21)8-10-17/h2-11,14H,12-13H2,1H3,(H,20,22)/t14-/m1/s1. The molecule has 6 nitrogen and oxygen atoms in total. The van der Waals surface area contributed by atoms with Gasteiger partial charge in [-0.25, -0.2) is 4.79 Å². The van der Waals surface area contributed by atoms with Crippen LogP contribution in [0.5, 0.6) is 5.75 Å². The average molecular weight is 341 g/mol. The number of benzene rings is 2. The molecule has 0 aromatic heterocycles. The third kappa shape index (κ3) is 6.10. The molecule has 0 aliphatic rings. The fourth-order valence-corrected chi connectivity index (χ4v) is 2.08. The first kappa shape index (κ1) is 18.2. The molecular formula is C19H19NO5. The molecule has 0 saturated carbocycles. The number of hydrogen-bond donors (Lipinski definition) is 1. The Bertz CT molecular complexity index is 712. The Balaban J connectivity index is 1.70. The second-order valence-corrected chi connectivity index (χ2v) is 5.34. The monoisotopic (exact) mass is 341 g/mol. The first-order chi connectivity index (χ1) is 12.1. The van der Waals surface area contributed by atoms with E-state index in [-0.39, 0.29) is 25.2 Å². The van der Waals surface area contributed by atoms with Crippen LogP contribution >= 0.6 is 0 Å². The van der Waals surface area contributed by atoms with E-state index in [4.69, 9.17) is 9.47 Å². The molecule has 2 aromatic carbocycles. The minimum Gasteiger partial charge on any atom is -0.482 e. The van der Waals surface area contributed by atoms with E-state index in [1.165, 1.54) is 0 Å². The van der Waals surface area contributed by atoms with Gasteiger partial charge in [0.2, 0.25) is 0 Å². The Morgan fingerprint density at radius 1 is 1.04 bits per heavy atom. The molecule has 0 aliphatic carbocycles. The van der Waals surface area contributed by atoms with Gasteiger partial charge in [0.1, 0.15) is 12.0 Å². The van der Waals surface area contributed by atoms with Crippen LogP contribution in [-0.2, 0) is 14.3 Å². The molecule has 2 aromatic rings. The minimum absolute atomic E-state index is 0.181. The maximum Gasteiger partial charge on any atom is 0.344 e. The third-order valence-electron chi connectivity index (χ3n) is 3.41. The Morgan fingerprint density at radius 3 is 2.36 bits per heavy atom. The number of esters is 1. The number of carbonyl (C=O) groups excluding carboxylic acids is 3. The largest absolute Gasteiger partial charge is 0.482 e. The minimum atomic E-state index is -0.651. The molecule has 2 rings (SSSR count). The predicted octanol–water partition coefficient (Wildman–Crippen LogP) is 2.30. The van der Waals surface area contributed by atoms with Crippen LogP contribution in [0.3, 0.4) is 0 Å². The van der Waals surface area contributed by atoms with E-state index in [1.54, 1.807) is 24.3 Å². The van der Waals surface area contributed by atoms with Crippen molar-refractivity contribution in [3.05, 3.63) is 65.7 Å². The van der Waals surface area contributed by atoms with Gasteiger partial charge in [-0.3, -0.25) is 9.59 Å². The topological polar surface area (TPSA) is 81.7 Å². The van der Waals surface area contributed by atoms with Crippen LogP contribution in [0.25, 0.3) is 0 Å². The van der Waals surface area contributed by atoms with Crippen molar-refractivity contribution in [3.63, 3.8) is 0 Å². The van der Waals surface area contributed by atoms with Crippen molar-refractivity contribution in [1.82, 2.24) is 5.32 Å². The SMILES string of the molecule is C[C@@H](NC(=O)COC(=O)COc1ccc(C=O)cc1)c1ccccc1. The highest BCUT2D eigenvalue weighted by Gasteiger charge is 2.12. The summed E-state index contributed by atoms with van der Waals surface area (Å²) in [6, 6.07) is 15.6. The molecule has 0 radical (unpaired) electrons. The number of ether oxygens (including phenoxy) is 2. The van der Waals surface area contributed by atoms with Gasteiger partial charge in [-0.1, -0.05) is 30.3 Å². The lowest BCUT2D eigenvalue weighted by molar-refractivity contribution is -0.150. The van der Waals surface area contributed by atoms with Crippen LogP contribution < -0.4 is 10.1 Å². The summed E-state index contributed by atoms with van der Waals surface area (Å²) < 4.78 is 10.1. The van der Waals surface area contributed by atoms with E-state index in [9.17, 15) is 14.4 Å². The molecule has 0 heterocycles. The zero-order valence-corrected chi connectivity index (χ0v) is 13.8. The zero-order valence-electron chi connectivity index (χ0n) is 13.8. The van der Waals surface area contributed by atoms with E-state index in [0.29, 0.717) is 17.6 Å². The number of carbonyl (C=O) groups is 3. The van der Waals surface area contributed by atoms with E-state index >= 15 is 0 Å². The van der Waals surface area contributed by atoms with Gasteiger partial charge in [0.05, 0.1) is 6.04 Å². The van der Waals surface area contributed by atoms with E-state index in [2.05, 4.69) is 5.32 Å². The van der Waals surface area contributed by atoms with Gasteiger partial charge in [0, 0.05) is 5.56 Å². The summed E-state index contributed by atoms with van der Waals surface area (Å²) >= 11 is 0. The van der Waals surface area contributed by atoms with Crippen molar-refractivity contribution in [1.29, 1.82) is 0 Å². The molecule has 6 heteroatoms. The summed E-state index contributed by atoms with van der Waals surface area (Å²) in [4.78, 5) is 34.0. The first-order valence-corrected chi connectivity index (χ1v) is 7.76. The first-order valence-electron chi connectivity index (χ1n) is 7.76. The van der Waals surface area contributed by atoms with Crippen LogP contribution in [0, 0.1) is 0 Å². The smallest absolute Gasteiger partial charge is 0.344 e. The lowest BCUT2D eigenvalue weighted by Crippen LogP contribution is -2.31. The van der Waals surface area contributed by atoms with Gasteiger partial charge in [-0.2, -0.15) is 0 Å². The Morgan fingerprint density at radius 2 is 1.72 bits per heavy atom. The van der Waals surface area contributed by atoms with Crippen molar-refractivity contribution >= 4 is 18.2 Å². The second-order valence-electron chi connectivity index (χ2n) is 5.34. The Kier molecular flexibility index (Phi) is 6.71. The van der Waals surface area contributed by atoms with Crippen LogP contribution in [0.1, 0.15) is 28.9 Å².